The van der Waals surface area contributed by atoms with Gasteiger partial charge in [-0.1, -0.05) is 18.2 Å². The number of hydrogen-bond donors (Lipinski definition) is 3. The minimum atomic E-state index is -0.991. The number of hydrogen-bond acceptors (Lipinski definition) is 4. The molecule has 0 heterocycles. The van der Waals surface area contributed by atoms with E-state index in [1.165, 1.54) is 0 Å². The summed E-state index contributed by atoms with van der Waals surface area (Å²) in [6.07, 6.45) is 0. The smallest absolute Gasteiger partial charge is 0.317 e. The minimum Gasteiger partial charge on any atom is -0.491 e. The number of carbonyl (C=O) groups is 2. The van der Waals surface area contributed by atoms with Crippen LogP contribution in [0.5, 0.6) is 5.75 Å². The van der Waals surface area contributed by atoms with E-state index < -0.39 is 5.97 Å². The molecule has 116 valence electrons. The molecule has 0 saturated carbocycles. The molecule has 21 heavy (non-hydrogen) atoms. The molecule has 3 N–H and O–H groups in total. The van der Waals surface area contributed by atoms with Gasteiger partial charge in [-0.05, 0) is 31.9 Å². The van der Waals surface area contributed by atoms with Crippen molar-refractivity contribution in [3.8, 4) is 5.75 Å². The first kappa shape index (κ1) is 17.0. The monoisotopic (exact) mass is 294 g/mol. The van der Waals surface area contributed by atoms with Gasteiger partial charge in [0, 0.05) is 0 Å². The second-order valence-electron chi connectivity index (χ2n) is 5.00. The van der Waals surface area contributed by atoms with Gasteiger partial charge in [0.25, 0.3) is 0 Å². The topological polar surface area (TPSA) is 87.7 Å². The van der Waals surface area contributed by atoms with E-state index in [4.69, 9.17) is 9.84 Å². The van der Waals surface area contributed by atoms with Gasteiger partial charge in [0.2, 0.25) is 5.91 Å². The van der Waals surface area contributed by atoms with E-state index in [0.717, 1.165) is 16.9 Å². The third-order valence-corrected chi connectivity index (χ3v) is 2.86. The van der Waals surface area contributed by atoms with Crippen molar-refractivity contribution < 1.29 is 19.4 Å². The van der Waals surface area contributed by atoms with Gasteiger partial charge in [-0.25, -0.2) is 0 Å². The van der Waals surface area contributed by atoms with E-state index in [1.807, 2.05) is 39.0 Å². The zero-order valence-corrected chi connectivity index (χ0v) is 12.6. The van der Waals surface area contributed by atoms with Gasteiger partial charge in [-0.15, -0.1) is 0 Å². The molecule has 1 aromatic rings. The summed E-state index contributed by atoms with van der Waals surface area (Å²) < 4.78 is 5.74. The van der Waals surface area contributed by atoms with Crippen molar-refractivity contribution in [2.24, 2.45) is 0 Å². The number of aliphatic carboxylic acids is 1. The van der Waals surface area contributed by atoms with Crippen LogP contribution in [0.1, 0.15) is 18.1 Å². The summed E-state index contributed by atoms with van der Waals surface area (Å²) >= 11 is 0. The Hall–Kier alpha value is -2.08. The Kier molecular flexibility index (Phi) is 6.68. The first-order valence-electron chi connectivity index (χ1n) is 6.81. The molecular weight excluding hydrogens is 272 g/mol. The molecular formula is C15H22N2O4. The Morgan fingerprint density at radius 3 is 2.43 bits per heavy atom. The molecule has 1 amide bonds. The SMILES string of the molecule is Cc1cccc(C)c1OCC(C)NC(=O)CNCC(=O)O. The van der Waals surface area contributed by atoms with Gasteiger partial charge in [-0.3, -0.25) is 14.9 Å². The molecule has 1 atom stereocenters. The van der Waals surface area contributed by atoms with E-state index in [2.05, 4.69) is 10.6 Å². The Labute approximate surface area is 124 Å². The van der Waals surface area contributed by atoms with Gasteiger partial charge in [0.05, 0.1) is 19.1 Å². The molecule has 0 spiro atoms. The number of benzene rings is 1. The molecule has 6 nitrogen and oxygen atoms in total. The fraction of sp³-hybridized carbons (Fsp3) is 0.467. The van der Waals surface area contributed by atoms with E-state index in [0.29, 0.717) is 6.61 Å². The normalized spacial score (nSPS) is 11.8. The maximum atomic E-state index is 11.6. The second kappa shape index (κ2) is 8.26. The Morgan fingerprint density at radius 2 is 1.86 bits per heavy atom. The van der Waals surface area contributed by atoms with Crippen LogP contribution in [0.4, 0.5) is 0 Å². The zero-order valence-electron chi connectivity index (χ0n) is 12.6. The number of nitrogens with one attached hydrogen (secondary N) is 2. The lowest BCUT2D eigenvalue weighted by Crippen LogP contribution is -2.42. The summed E-state index contributed by atoms with van der Waals surface area (Å²) in [5.74, 6) is -0.411. The van der Waals surface area contributed by atoms with Crippen molar-refractivity contribution >= 4 is 11.9 Å². The lowest BCUT2D eigenvalue weighted by Gasteiger charge is -2.17. The van der Waals surface area contributed by atoms with Gasteiger partial charge in [0.15, 0.2) is 0 Å². The molecule has 0 aliphatic rings. The van der Waals surface area contributed by atoms with Crippen LogP contribution in [-0.2, 0) is 9.59 Å². The summed E-state index contributed by atoms with van der Waals surface area (Å²) in [6, 6.07) is 5.75. The fourth-order valence-electron chi connectivity index (χ4n) is 1.89. The Bertz CT molecular complexity index is 482. The summed E-state index contributed by atoms with van der Waals surface area (Å²) in [7, 11) is 0. The maximum absolute atomic E-state index is 11.6. The van der Waals surface area contributed by atoms with Crippen LogP contribution in [0.15, 0.2) is 18.2 Å². The highest BCUT2D eigenvalue weighted by molar-refractivity contribution is 5.79. The molecule has 0 fully saturated rings. The number of amides is 1. The molecule has 0 radical (unpaired) electrons. The van der Waals surface area contributed by atoms with Crippen LogP contribution in [-0.4, -0.2) is 42.7 Å². The minimum absolute atomic E-state index is 0.0277. The van der Waals surface area contributed by atoms with Crippen molar-refractivity contribution in [1.82, 2.24) is 10.6 Å². The average Bonchev–Trinajstić information content (AvgIpc) is 2.37. The lowest BCUT2D eigenvalue weighted by atomic mass is 10.1. The van der Waals surface area contributed by atoms with Crippen molar-refractivity contribution in [1.29, 1.82) is 0 Å². The van der Waals surface area contributed by atoms with E-state index >= 15 is 0 Å². The van der Waals surface area contributed by atoms with Gasteiger partial charge in [0.1, 0.15) is 12.4 Å². The molecule has 0 bridgehead atoms. The summed E-state index contributed by atoms with van der Waals surface area (Å²) in [6.45, 7) is 5.88. The number of aryl methyl sites for hydroxylation is 2. The molecule has 0 aliphatic carbocycles. The highest BCUT2D eigenvalue weighted by Gasteiger charge is 2.10. The predicted octanol–water partition coefficient (Wildman–Crippen LogP) is 0.861. The van der Waals surface area contributed by atoms with Gasteiger partial charge >= 0.3 is 5.97 Å². The quantitative estimate of drug-likeness (QED) is 0.662. The number of rotatable bonds is 8. The molecule has 0 aliphatic heterocycles. The predicted molar refractivity (Wildman–Crippen MR) is 79.5 cm³/mol. The number of carboxylic acids is 1. The van der Waals surface area contributed by atoms with Crippen LogP contribution >= 0.6 is 0 Å². The van der Waals surface area contributed by atoms with Crippen molar-refractivity contribution in [3.63, 3.8) is 0 Å². The highest BCUT2D eigenvalue weighted by atomic mass is 16.5. The number of carboxylic acid groups (broad SMARTS) is 1. The molecule has 1 unspecified atom stereocenters. The number of ether oxygens (including phenoxy) is 1. The number of carbonyl (C=O) groups excluding carboxylic acids is 1. The summed E-state index contributed by atoms with van der Waals surface area (Å²) in [4.78, 5) is 21.9. The van der Waals surface area contributed by atoms with Crippen LogP contribution in [0.2, 0.25) is 0 Å². The standard InChI is InChI=1S/C15H22N2O4/c1-10-5-4-6-11(2)15(10)21-9-12(3)17-13(18)7-16-8-14(19)20/h4-6,12,16H,7-9H2,1-3H3,(H,17,18)(H,19,20). The lowest BCUT2D eigenvalue weighted by molar-refractivity contribution is -0.136. The fourth-order valence-corrected chi connectivity index (χ4v) is 1.89. The van der Waals surface area contributed by atoms with E-state index in [1.54, 1.807) is 0 Å². The Morgan fingerprint density at radius 1 is 1.24 bits per heavy atom. The third kappa shape index (κ3) is 6.27. The molecule has 1 rings (SSSR count). The second-order valence-corrected chi connectivity index (χ2v) is 5.00. The van der Waals surface area contributed by atoms with Crippen molar-refractivity contribution in [2.75, 3.05) is 19.7 Å². The zero-order chi connectivity index (χ0) is 15.8. The van der Waals surface area contributed by atoms with Crippen molar-refractivity contribution in [2.45, 2.75) is 26.8 Å². The molecule has 6 heteroatoms. The van der Waals surface area contributed by atoms with Crippen molar-refractivity contribution in [3.05, 3.63) is 29.3 Å². The Balaban J connectivity index is 2.35. The van der Waals surface area contributed by atoms with Gasteiger partial charge < -0.3 is 15.2 Å². The van der Waals surface area contributed by atoms with Crippen LogP contribution in [0.25, 0.3) is 0 Å². The maximum Gasteiger partial charge on any atom is 0.317 e. The average molecular weight is 294 g/mol. The summed E-state index contributed by atoms with van der Waals surface area (Å²) in [5, 5.41) is 13.7. The largest absolute Gasteiger partial charge is 0.491 e. The molecule has 0 aromatic heterocycles. The molecule has 1 aromatic carbocycles. The van der Waals surface area contributed by atoms with E-state index in [9.17, 15) is 9.59 Å². The first-order chi connectivity index (χ1) is 9.90. The number of para-hydroxylation sites is 1. The van der Waals surface area contributed by atoms with Crippen LogP contribution < -0.4 is 15.4 Å². The highest BCUT2D eigenvalue weighted by Crippen LogP contribution is 2.22. The van der Waals surface area contributed by atoms with Crippen LogP contribution in [0.3, 0.4) is 0 Å². The first-order valence-corrected chi connectivity index (χ1v) is 6.81. The van der Waals surface area contributed by atoms with E-state index in [-0.39, 0.29) is 25.0 Å². The summed E-state index contributed by atoms with van der Waals surface area (Å²) in [5.41, 5.74) is 2.10. The molecule has 0 saturated heterocycles. The van der Waals surface area contributed by atoms with Crippen LogP contribution in [0, 0.1) is 13.8 Å². The van der Waals surface area contributed by atoms with Gasteiger partial charge in [-0.2, -0.15) is 0 Å². The third-order valence-electron chi connectivity index (χ3n) is 2.86.